The second-order valence-corrected chi connectivity index (χ2v) is 2.90. The molecule has 1 atom stereocenters. The minimum absolute atomic E-state index is 0. The maximum Gasteiger partial charge on any atom is 0.0789 e. The predicted octanol–water partition coefficient (Wildman–Crippen LogP) is -0.436. The molecule has 6 N–H and O–H groups in total. The first-order valence-electron chi connectivity index (χ1n) is 3.93. The van der Waals surface area contributed by atoms with Gasteiger partial charge in [-0.2, -0.15) is 0 Å². The van der Waals surface area contributed by atoms with Crippen molar-refractivity contribution in [2.45, 2.75) is 18.9 Å². The van der Waals surface area contributed by atoms with Gasteiger partial charge in [0.1, 0.15) is 0 Å². The number of hydrogen-bond donors (Lipinski definition) is 3. The van der Waals surface area contributed by atoms with Crippen LogP contribution >= 0.6 is 0 Å². The first kappa shape index (κ1) is 10.8. The van der Waals surface area contributed by atoms with E-state index in [4.69, 9.17) is 10.8 Å². The van der Waals surface area contributed by atoms with Gasteiger partial charge in [0.2, 0.25) is 0 Å². The van der Waals surface area contributed by atoms with Crippen molar-refractivity contribution in [2.75, 3.05) is 26.2 Å². The fourth-order valence-corrected chi connectivity index (χ4v) is 1.34. The summed E-state index contributed by atoms with van der Waals surface area (Å²) in [7, 11) is 0. The highest BCUT2D eigenvalue weighted by molar-refractivity contribution is 4.70. The Morgan fingerprint density at radius 2 is 1.91 bits per heavy atom. The number of β-amino-alcohol motifs (C(OH)–C–C–N with tert-alkyl or cyclic N) is 1. The molecule has 1 rings (SSSR count). The third-order valence-electron chi connectivity index (χ3n) is 1.94. The summed E-state index contributed by atoms with van der Waals surface area (Å²) < 4.78 is 0. The second kappa shape index (κ2) is 5.49. The maximum atomic E-state index is 9.15. The van der Waals surface area contributed by atoms with E-state index in [9.17, 15) is 0 Å². The first-order chi connectivity index (χ1) is 4.83. The third-order valence-corrected chi connectivity index (χ3v) is 1.94. The van der Waals surface area contributed by atoms with Crippen LogP contribution in [0, 0.1) is 0 Å². The van der Waals surface area contributed by atoms with Crippen molar-refractivity contribution in [3.8, 4) is 0 Å². The molecular formula is C7H19N3O. The van der Waals surface area contributed by atoms with E-state index in [1.807, 2.05) is 0 Å². The number of nitrogens with zero attached hydrogens (tertiary/aromatic N) is 1. The molecular weight excluding hydrogens is 142 g/mol. The van der Waals surface area contributed by atoms with Crippen molar-refractivity contribution in [3.63, 3.8) is 0 Å². The van der Waals surface area contributed by atoms with Gasteiger partial charge in [0, 0.05) is 13.1 Å². The zero-order valence-electron chi connectivity index (χ0n) is 7.00. The molecule has 0 radical (unpaired) electrons. The van der Waals surface area contributed by atoms with Crippen LogP contribution in [0.25, 0.3) is 0 Å². The second-order valence-electron chi connectivity index (χ2n) is 2.90. The molecule has 0 aromatic carbocycles. The van der Waals surface area contributed by atoms with E-state index >= 15 is 0 Å². The molecule has 1 saturated heterocycles. The number of aliphatic hydroxyl groups is 1. The molecule has 0 aromatic rings. The Hall–Kier alpha value is -0.160. The largest absolute Gasteiger partial charge is 0.390 e. The molecule has 11 heavy (non-hydrogen) atoms. The van der Waals surface area contributed by atoms with E-state index in [1.54, 1.807) is 0 Å². The zero-order chi connectivity index (χ0) is 7.40. The predicted molar refractivity (Wildman–Crippen MR) is 45.8 cm³/mol. The highest BCUT2D eigenvalue weighted by Gasteiger charge is 2.13. The number of hydrogen-bond acceptors (Lipinski definition) is 4. The molecule has 1 unspecified atom stereocenters. The van der Waals surface area contributed by atoms with Crippen molar-refractivity contribution in [3.05, 3.63) is 0 Å². The lowest BCUT2D eigenvalue weighted by Crippen LogP contribution is -2.34. The molecule has 68 valence electrons. The van der Waals surface area contributed by atoms with E-state index in [1.165, 1.54) is 12.8 Å². The summed E-state index contributed by atoms with van der Waals surface area (Å²) in [5, 5.41) is 9.15. The Labute approximate surface area is 68.0 Å². The zero-order valence-corrected chi connectivity index (χ0v) is 7.00. The van der Waals surface area contributed by atoms with Gasteiger partial charge in [0.05, 0.1) is 6.10 Å². The molecule has 1 heterocycles. The van der Waals surface area contributed by atoms with Crippen molar-refractivity contribution >= 4 is 0 Å². The molecule has 0 saturated carbocycles. The van der Waals surface area contributed by atoms with Crippen molar-refractivity contribution in [2.24, 2.45) is 5.73 Å². The Bertz CT molecular complexity index is 93.7. The maximum absolute atomic E-state index is 9.15. The van der Waals surface area contributed by atoms with Gasteiger partial charge in [0.15, 0.2) is 0 Å². The Kier molecular flexibility index (Phi) is 5.41. The summed E-state index contributed by atoms with van der Waals surface area (Å²) in [5.74, 6) is 0. The SMILES string of the molecule is N.NCC(O)CN1CCCC1. The van der Waals surface area contributed by atoms with Crippen LogP contribution in [0.1, 0.15) is 12.8 Å². The van der Waals surface area contributed by atoms with Gasteiger partial charge in [0.25, 0.3) is 0 Å². The lowest BCUT2D eigenvalue weighted by atomic mass is 10.3. The van der Waals surface area contributed by atoms with Crippen LogP contribution in [0.4, 0.5) is 0 Å². The molecule has 0 aromatic heterocycles. The van der Waals surface area contributed by atoms with Crippen LogP contribution in [-0.4, -0.2) is 42.3 Å². The minimum atomic E-state index is -0.321. The first-order valence-corrected chi connectivity index (χ1v) is 3.93. The van der Waals surface area contributed by atoms with E-state index in [2.05, 4.69) is 4.90 Å². The van der Waals surface area contributed by atoms with Gasteiger partial charge in [-0.05, 0) is 25.9 Å². The minimum Gasteiger partial charge on any atom is -0.390 e. The van der Waals surface area contributed by atoms with Crippen LogP contribution in [0.2, 0.25) is 0 Å². The quantitative estimate of drug-likeness (QED) is 0.524. The monoisotopic (exact) mass is 161 g/mol. The third kappa shape index (κ3) is 3.67. The lowest BCUT2D eigenvalue weighted by molar-refractivity contribution is 0.132. The summed E-state index contributed by atoms with van der Waals surface area (Å²) >= 11 is 0. The molecule has 0 amide bonds. The number of likely N-dealkylation sites (tertiary alicyclic amines) is 1. The molecule has 0 bridgehead atoms. The van der Waals surface area contributed by atoms with Gasteiger partial charge in [-0.1, -0.05) is 0 Å². The standard InChI is InChI=1S/C7H16N2O.H3N/c8-5-7(10)6-9-3-1-2-4-9;/h7,10H,1-6,8H2;1H3. The molecule has 1 fully saturated rings. The molecule has 1 aliphatic rings. The normalized spacial score (nSPS) is 21.3. The van der Waals surface area contributed by atoms with Gasteiger partial charge < -0.3 is 21.9 Å². The van der Waals surface area contributed by atoms with Crippen LogP contribution in [-0.2, 0) is 0 Å². The van der Waals surface area contributed by atoms with Crippen molar-refractivity contribution < 1.29 is 5.11 Å². The number of aliphatic hydroxyl groups excluding tert-OH is 1. The van der Waals surface area contributed by atoms with Crippen molar-refractivity contribution in [1.82, 2.24) is 11.1 Å². The molecule has 0 spiro atoms. The van der Waals surface area contributed by atoms with Crippen LogP contribution in [0.5, 0.6) is 0 Å². The summed E-state index contributed by atoms with van der Waals surface area (Å²) in [4.78, 5) is 2.26. The summed E-state index contributed by atoms with van der Waals surface area (Å²) in [6, 6.07) is 0. The van der Waals surface area contributed by atoms with Gasteiger partial charge in [-0.3, -0.25) is 0 Å². The van der Waals surface area contributed by atoms with Crippen LogP contribution < -0.4 is 11.9 Å². The van der Waals surface area contributed by atoms with Crippen molar-refractivity contribution in [1.29, 1.82) is 0 Å². The highest BCUT2D eigenvalue weighted by atomic mass is 16.3. The highest BCUT2D eigenvalue weighted by Crippen LogP contribution is 2.06. The fourth-order valence-electron chi connectivity index (χ4n) is 1.34. The molecule has 0 aliphatic carbocycles. The van der Waals surface area contributed by atoms with Gasteiger partial charge >= 0.3 is 0 Å². The summed E-state index contributed by atoms with van der Waals surface area (Å²) in [6.45, 7) is 3.42. The average Bonchev–Trinajstić information content (AvgIpc) is 2.40. The molecule has 1 aliphatic heterocycles. The number of nitrogens with two attached hydrogens (primary N) is 1. The van der Waals surface area contributed by atoms with Gasteiger partial charge in [-0.25, -0.2) is 0 Å². The molecule has 4 heteroatoms. The Morgan fingerprint density at radius 3 is 2.36 bits per heavy atom. The van der Waals surface area contributed by atoms with Crippen LogP contribution in [0.3, 0.4) is 0 Å². The Balaban J connectivity index is 0.000001000. The molecule has 4 nitrogen and oxygen atoms in total. The van der Waals surface area contributed by atoms with E-state index in [0.717, 1.165) is 19.6 Å². The topological polar surface area (TPSA) is 84.5 Å². The fraction of sp³-hybridized carbons (Fsp3) is 1.00. The van der Waals surface area contributed by atoms with Crippen LogP contribution in [0.15, 0.2) is 0 Å². The van der Waals surface area contributed by atoms with E-state index in [-0.39, 0.29) is 12.3 Å². The summed E-state index contributed by atoms with van der Waals surface area (Å²) in [6.07, 6.45) is 2.23. The number of rotatable bonds is 3. The summed E-state index contributed by atoms with van der Waals surface area (Å²) in [5.41, 5.74) is 5.27. The average molecular weight is 161 g/mol. The smallest absolute Gasteiger partial charge is 0.0789 e. The lowest BCUT2D eigenvalue weighted by Gasteiger charge is -2.17. The van der Waals surface area contributed by atoms with E-state index < -0.39 is 0 Å². The van der Waals surface area contributed by atoms with Gasteiger partial charge in [-0.15, -0.1) is 0 Å². The Morgan fingerprint density at radius 1 is 1.36 bits per heavy atom. The van der Waals surface area contributed by atoms with E-state index in [0.29, 0.717) is 6.54 Å².